The summed E-state index contributed by atoms with van der Waals surface area (Å²) >= 11 is 0. The number of hydrogen-bond donors (Lipinski definition) is 1. The molecule has 29 heavy (non-hydrogen) atoms. The van der Waals surface area contributed by atoms with E-state index in [1.807, 2.05) is 18.2 Å². The average Bonchev–Trinajstić information content (AvgIpc) is 2.67. The second kappa shape index (κ2) is 7.94. The van der Waals surface area contributed by atoms with E-state index < -0.39 is 6.10 Å². The maximum atomic E-state index is 12.7. The molecule has 5 heteroatoms. The first kappa shape index (κ1) is 21.6. The molecule has 5 nitrogen and oxygen atoms in total. The summed E-state index contributed by atoms with van der Waals surface area (Å²) < 4.78 is 11.3. The van der Waals surface area contributed by atoms with Crippen LogP contribution in [0.3, 0.4) is 0 Å². The number of esters is 2. The first-order valence-corrected chi connectivity index (χ1v) is 10.3. The summed E-state index contributed by atoms with van der Waals surface area (Å²) in [6, 6.07) is 9.02. The van der Waals surface area contributed by atoms with Gasteiger partial charge in [0.1, 0.15) is 6.10 Å². The molecule has 0 heterocycles. The smallest absolute Gasteiger partial charge is 0.338 e. The SMILES string of the molecule is C=C1[C@H](O)CC2C(C)(C)[C@@H](OC(=O)c3ccccc3)CC[C@]2(C)[C@H]1COC(C)=O. The van der Waals surface area contributed by atoms with Gasteiger partial charge in [0.15, 0.2) is 0 Å². The van der Waals surface area contributed by atoms with E-state index in [1.54, 1.807) is 12.1 Å². The highest BCUT2D eigenvalue weighted by atomic mass is 16.5. The van der Waals surface area contributed by atoms with Crippen LogP contribution < -0.4 is 0 Å². The van der Waals surface area contributed by atoms with Gasteiger partial charge in [0, 0.05) is 18.3 Å². The molecule has 3 rings (SSSR count). The quantitative estimate of drug-likeness (QED) is 0.607. The minimum absolute atomic E-state index is 0.0957. The molecule has 2 saturated carbocycles. The third-order valence-corrected chi connectivity index (χ3v) is 7.31. The maximum Gasteiger partial charge on any atom is 0.338 e. The van der Waals surface area contributed by atoms with Crippen molar-refractivity contribution in [3.8, 4) is 0 Å². The number of ether oxygens (including phenoxy) is 2. The van der Waals surface area contributed by atoms with Gasteiger partial charge in [-0.05, 0) is 48.3 Å². The van der Waals surface area contributed by atoms with Crippen molar-refractivity contribution in [3.05, 3.63) is 48.0 Å². The highest BCUT2D eigenvalue weighted by molar-refractivity contribution is 5.89. The Labute approximate surface area is 173 Å². The van der Waals surface area contributed by atoms with Crippen LogP contribution in [0.15, 0.2) is 42.5 Å². The number of aliphatic hydroxyl groups excluding tert-OH is 1. The number of hydrogen-bond acceptors (Lipinski definition) is 5. The molecular weight excluding hydrogens is 368 g/mol. The van der Waals surface area contributed by atoms with E-state index in [0.29, 0.717) is 12.0 Å². The predicted octanol–water partition coefficient (Wildman–Crippen LogP) is 4.15. The molecule has 1 N–H and O–H groups in total. The minimum Gasteiger partial charge on any atom is -0.465 e. The lowest BCUT2D eigenvalue weighted by Crippen LogP contribution is -2.58. The summed E-state index contributed by atoms with van der Waals surface area (Å²) in [5.41, 5.74) is 0.750. The zero-order valence-corrected chi connectivity index (χ0v) is 17.8. The van der Waals surface area contributed by atoms with Gasteiger partial charge in [-0.25, -0.2) is 4.79 Å². The van der Waals surface area contributed by atoms with Crippen LogP contribution in [0.4, 0.5) is 0 Å². The normalized spacial score (nSPS) is 33.5. The number of carbonyl (C=O) groups excluding carboxylic acids is 2. The van der Waals surface area contributed by atoms with Crippen LogP contribution in [0.5, 0.6) is 0 Å². The molecule has 1 aromatic carbocycles. The third kappa shape index (κ3) is 3.97. The van der Waals surface area contributed by atoms with Crippen molar-refractivity contribution in [1.29, 1.82) is 0 Å². The van der Waals surface area contributed by atoms with Gasteiger partial charge in [0.05, 0.1) is 18.3 Å². The van der Waals surface area contributed by atoms with Crippen LogP contribution in [0.1, 0.15) is 57.3 Å². The van der Waals surface area contributed by atoms with Gasteiger partial charge >= 0.3 is 11.9 Å². The Balaban J connectivity index is 1.84. The molecule has 0 saturated heterocycles. The monoisotopic (exact) mass is 400 g/mol. The number of rotatable bonds is 4. The Morgan fingerprint density at radius 3 is 2.48 bits per heavy atom. The molecule has 5 atom stereocenters. The van der Waals surface area contributed by atoms with Gasteiger partial charge in [-0.15, -0.1) is 0 Å². The summed E-state index contributed by atoms with van der Waals surface area (Å²) in [5.74, 6) is -0.671. The van der Waals surface area contributed by atoms with E-state index in [-0.39, 0.29) is 47.3 Å². The zero-order chi connectivity index (χ0) is 21.4. The second-order valence-electron chi connectivity index (χ2n) is 9.36. The van der Waals surface area contributed by atoms with Crippen molar-refractivity contribution in [1.82, 2.24) is 0 Å². The largest absolute Gasteiger partial charge is 0.465 e. The molecular formula is C24H32O5. The van der Waals surface area contributed by atoms with Gasteiger partial charge in [0.25, 0.3) is 0 Å². The lowest BCUT2D eigenvalue weighted by molar-refractivity contribution is -0.161. The molecule has 2 fully saturated rings. The van der Waals surface area contributed by atoms with Crippen LogP contribution in [-0.4, -0.2) is 35.9 Å². The first-order valence-electron chi connectivity index (χ1n) is 10.3. The number of carbonyl (C=O) groups is 2. The minimum atomic E-state index is -0.656. The summed E-state index contributed by atoms with van der Waals surface area (Å²) in [6.45, 7) is 12.2. The Morgan fingerprint density at radius 2 is 1.86 bits per heavy atom. The molecule has 1 aromatic rings. The van der Waals surface area contributed by atoms with Crippen LogP contribution in [0.2, 0.25) is 0 Å². The highest BCUT2D eigenvalue weighted by Gasteiger charge is 2.59. The fourth-order valence-electron chi connectivity index (χ4n) is 5.56. The molecule has 0 bridgehead atoms. The fourth-order valence-corrected chi connectivity index (χ4v) is 5.56. The maximum absolute atomic E-state index is 12.7. The molecule has 0 aromatic heterocycles. The number of aliphatic hydroxyl groups is 1. The van der Waals surface area contributed by atoms with Gasteiger partial charge in [-0.3, -0.25) is 4.79 Å². The molecule has 0 aliphatic heterocycles. The van der Waals surface area contributed by atoms with Gasteiger partial charge < -0.3 is 14.6 Å². The van der Waals surface area contributed by atoms with E-state index in [9.17, 15) is 14.7 Å². The van der Waals surface area contributed by atoms with E-state index in [1.165, 1.54) is 6.92 Å². The topological polar surface area (TPSA) is 72.8 Å². The average molecular weight is 401 g/mol. The van der Waals surface area contributed by atoms with Crippen molar-refractivity contribution in [2.75, 3.05) is 6.61 Å². The van der Waals surface area contributed by atoms with E-state index in [4.69, 9.17) is 9.47 Å². The molecule has 158 valence electrons. The molecule has 0 radical (unpaired) electrons. The Morgan fingerprint density at radius 1 is 1.21 bits per heavy atom. The summed E-state index contributed by atoms with van der Waals surface area (Å²) in [5, 5.41) is 10.7. The molecule has 2 aliphatic rings. The number of fused-ring (bicyclic) bond motifs is 1. The summed E-state index contributed by atoms with van der Waals surface area (Å²) in [6.07, 6.45) is 1.19. The summed E-state index contributed by atoms with van der Waals surface area (Å²) in [7, 11) is 0. The van der Waals surface area contributed by atoms with Crippen LogP contribution in [-0.2, 0) is 14.3 Å². The Bertz CT molecular complexity index is 784. The second-order valence-corrected chi connectivity index (χ2v) is 9.36. The first-order chi connectivity index (χ1) is 13.6. The summed E-state index contributed by atoms with van der Waals surface area (Å²) in [4.78, 5) is 24.1. The van der Waals surface area contributed by atoms with E-state index in [0.717, 1.165) is 18.4 Å². The third-order valence-electron chi connectivity index (χ3n) is 7.31. The lowest BCUT2D eigenvalue weighted by Gasteiger charge is -2.60. The van der Waals surface area contributed by atoms with Gasteiger partial charge in [-0.1, -0.05) is 45.5 Å². The molecule has 0 spiro atoms. The Kier molecular flexibility index (Phi) is 5.91. The number of benzene rings is 1. The van der Waals surface area contributed by atoms with Crippen LogP contribution >= 0.6 is 0 Å². The van der Waals surface area contributed by atoms with Crippen molar-refractivity contribution >= 4 is 11.9 Å². The zero-order valence-electron chi connectivity index (χ0n) is 17.8. The van der Waals surface area contributed by atoms with E-state index in [2.05, 4.69) is 27.4 Å². The van der Waals surface area contributed by atoms with E-state index >= 15 is 0 Å². The van der Waals surface area contributed by atoms with Gasteiger partial charge in [-0.2, -0.15) is 0 Å². The predicted molar refractivity (Wildman–Crippen MR) is 110 cm³/mol. The molecule has 2 aliphatic carbocycles. The van der Waals surface area contributed by atoms with Crippen molar-refractivity contribution in [2.45, 2.75) is 59.2 Å². The van der Waals surface area contributed by atoms with Crippen LogP contribution in [0.25, 0.3) is 0 Å². The van der Waals surface area contributed by atoms with Gasteiger partial charge in [0.2, 0.25) is 0 Å². The Hall–Kier alpha value is -2.14. The lowest BCUT2D eigenvalue weighted by atomic mass is 9.46. The van der Waals surface area contributed by atoms with Crippen molar-refractivity contribution in [3.63, 3.8) is 0 Å². The standard InChI is InChI=1S/C24H32O5/c1-15-18(14-28-16(2)25)24(5)12-11-21(23(3,4)20(24)13-19(15)26)29-22(27)17-9-7-6-8-10-17/h6-10,18-21,26H,1,11-14H2,2-5H3/t18-,19+,20?,21-,24+/m0/s1. The van der Waals surface area contributed by atoms with Crippen molar-refractivity contribution in [2.24, 2.45) is 22.7 Å². The fraction of sp³-hybridized carbons (Fsp3) is 0.583. The highest BCUT2D eigenvalue weighted by Crippen LogP contribution is 2.61. The molecule has 0 amide bonds. The van der Waals surface area contributed by atoms with Crippen LogP contribution in [0, 0.1) is 22.7 Å². The van der Waals surface area contributed by atoms with Crippen molar-refractivity contribution < 1.29 is 24.2 Å². The molecule has 1 unspecified atom stereocenters.